The van der Waals surface area contributed by atoms with E-state index in [1.54, 1.807) is 0 Å². The summed E-state index contributed by atoms with van der Waals surface area (Å²) in [5, 5.41) is 0. The van der Waals surface area contributed by atoms with Crippen LogP contribution in [0.25, 0.3) is 0 Å². The van der Waals surface area contributed by atoms with Crippen LogP contribution in [0.2, 0.25) is 0 Å². The Morgan fingerprint density at radius 2 is 1.43 bits per heavy atom. The van der Waals surface area contributed by atoms with Crippen LogP contribution < -0.4 is 4.74 Å². The molecule has 21 heavy (non-hydrogen) atoms. The first-order chi connectivity index (χ1) is 9.50. The Morgan fingerprint density at radius 1 is 0.905 bits per heavy atom. The highest BCUT2D eigenvalue weighted by atomic mass is 16.5. The molecule has 1 aromatic rings. The van der Waals surface area contributed by atoms with E-state index in [1.165, 1.54) is 16.7 Å². The molecule has 0 N–H and O–H groups in total. The molecule has 0 heterocycles. The SMILES string of the molecule is CCC(CC)Oc1c(C)cc(C(C)(C)C)cc1C(C)(C)C. The molecule has 1 nitrogen and oxygen atoms in total. The summed E-state index contributed by atoms with van der Waals surface area (Å²) in [6.45, 7) is 20.2. The van der Waals surface area contributed by atoms with Gasteiger partial charge in [-0.2, -0.15) is 0 Å². The van der Waals surface area contributed by atoms with Crippen LogP contribution in [0.4, 0.5) is 0 Å². The van der Waals surface area contributed by atoms with Crippen LogP contribution >= 0.6 is 0 Å². The zero-order valence-electron chi connectivity index (χ0n) is 15.6. The molecule has 0 aliphatic heterocycles. The maximum Gasteiger partial charge on any atom is 0.126 e. The number of benzene rings is 1. The predicted molar refractivity (Wildman–Crippen MR) is 93.6 cm³/mol. The van der Waals surface area contributed by atoms with Gasteiger partial charge in [-0.3, -0.25) is 0 Å². The fourth-order valence-corrected chi connectivity index (χ4v) is 2.54. The molecular formula is C20H34O. The largest absolute Gasteiger partial charge is 0.490 e. The van der Waals surface area contributed by atoms with Gasteiger partial charge in [-0.25, -0.2) is 0 Å². The van der Waals surface area contributed by atoms with E-state index < -0.39 is 0 Å². The number of hydrogen-bond donors (Lipinski definition) is 0. The van der Waals surface area contributed by atoms with Crippen molar-refractivity contribution in [3.8, 4) is 5.75 Å². The van der Waals surface area contributed by atoms with E-state index in [2.05, 4.69) is 74.4 Å². The van der Waals surface area contributed by atoms with Gasteiger partial charge in [0.05, 0.1) is 6.10 Å². The van der Waals surface area contributed by atoms with Crippen molar-refractivity contribution in [2.24, 2.45) is 0 Å². The molecule has 0 bridgehead atoms. The molecular weight excluding hydrogens is 256 g/mol. The monoisotopic (exact) mass is 290 g/mol. The van der Waals surface area contributed by atoms with Crippen molar-refractivity contribution in [1.29, 1.82) is 0 Å². The summed E-state index contributed by atoms with van der Waals surface area (Å²) in [6, 6.07) is 4.65. The molecule has 1 rings (SSSR count). The number of aryl methyl sites for hydroxylation is 1. The van der Waals surface area contributed by atoms with Gasteiger partial charge in [-0.15, -0.1) is 0 Å². The fourth-order valence-electron chi connectivity index (χ4n) is 2.54. The lowest BCUT2D eigenvalue weighted by Gasteiger charge is -2.30. The van der Waals surface area contributed by atoms with Gasteiger partial charge in [0.2, 0.25) is 0 Å². The molecule has 0 aliphatic carbocycles. The molecule has 120 valence electrons. The van der Waals surface area contributed by atoms with Gasteiger partial charge < -0.3 is 4.74 Å². The highest BCUT2D eigenvalue weighted by molar-refractivity contribution is 5.49. The first-order valence-electron chi connectivity index (χ1n) is 8.33. The van der Waals surface area contributed by atoms with Crippen LogP contribution in [0.3, 0.4) is 0 Å². The Kier molecular flexibility index (Phi) is 5.52. The van der Waals surface area contributed by atoms with Gasteiger partial charge in [0.25, 0.3) is 0 Å². The normalized spacial score (nSPS) is 12.9. The first kappa shape index (κ1) is 18.1. The highest BCUT2D eigenvalue weighted by Crippen LogP contribution is 2.38. The van der Waals surface area contributed by atoms with Gasteiger partial charge in [0, 0.05) is 5.56 Å². The summed E-state index contributed by atoms with van der Waals surface area (Å²) >= 11 is 0. The summed E-state index contributed by atoms with van der Waals surface area (Å²) in [4.78, 5) is 0. The van der Waals surface area contributed by atoms with Crippen LogP contribution in [0.15, 0.2) is 12.1 Å². The Balaban J connectivity index is 3.42. The molecule has 0 aromatic heterocycles. The van der Waals surface area contributed by atoms with Crippen molar-refractivity contribution < 1.29 is 4.74 Å². The van der Waals surface area contributed by atoms with Crippen molar-refractivity contribution >= 4 is 0 Å². The molecule has 0 unspecified atom stereocenters. The van der Waals surface area contributed by atoms with E-state index in [-0.39, 0.29) is 10.8 Å². The minimum Gasteiger partial charge on any atom is -0.490 e. The Hall–Kier alpha value is -0.980. The molecule has 0 aliphatic rings. The third-order valence-electron chi connectivity index (χ3n) is 4.14. The van der Waals surface area contributed by atoms with Crippen molar-refractivity contribution in [3.63, 3.8) is 0 Å². The Bertz CT molecular complexity index is 468. The van der Waals surface area contributed by atoms with E-state index in [0.29, 0.717) is 6.10 Å². The van der Waals surface area contributed by atoms with E-state index in [0.717, 1.165) is 18.6 Å². The minimum atomic E-state index is 0.0907. The van der Waals surface area contributed by atoms with Crippen molar-refractivity contribution in [2.45, 2.75) is 92.1 Å². The minimum absolute atomic E-state index is 0.0907. The second-order valence-corrected chi connectivity index (χ2v) is 8.23. The second-order valence-electron chi connectivity index (χ2n) is 8.23. The van der Waals surface area contributed by atoms with Crippen molar-refractivity contribution in [2.75, 3.05) is 0 Å². The van der Waals surface area contributed by atoms with Crippen LogP contribution in [0, 0.1) is 6.92 Å². The molecule has 0 fully saturated rings. The van der Waals surface area contributed by atoms with Gasteiger partial charge >= 0.3 is 0 Å². The number of hydrogen-bond acceptors (Lipinski definition) is 1. The molecule has 0 amide bonds. The molecule has 0 atom stereocenters. The third-order valence-corrected chi connectivity index (χ3v) is 4.14. The Labute approximate surface area is 132 Å². The summed E-state index contributed by atoms with van der Waals surface area (Å²) < 4.78 is 6.37. The Morgan fingerprint density at radius 3 is 1.81 bits per heavy atom. The van der Waals surface area contributed by atoms with Gasteiger partial charge in [0.15, 0.2) is 0 Å². The van der Waals surface area contributed by atoms with E-state index in [9.17, 15) is 0 Å². The van der Waals surface area contributed by atoms with Crippen molar-refractivity contribution in [3.05, 3.63) is 28.8 Å². The molecule has 0 saturated heterocycles. The zero-order chi connectivity index (χ0) is 16.4. The van der Waals surface area contributed by atoms with Crippen LogP contribution in [0.1, 0.15) is 84.9 Å². The van der Waals surface area contributed by atoms with Crippen LogP contribution in [-0.4, -0.2) is 6.10 Å². The number of ether oxygens (including phenoxy) is 1. The average Bonchev–Trinajstić information content (AvgIpc) is 2.34. The predicted octanol–water partition coefficient (Wildman–Crippen LogP) is 6.16. The lowest BCUT2D eigenvalue weighted by atomic mass is 9.79. The van der Waals surface area contributed by atoms with E-state index in [1.807, 2.05) is 0 Å². The van der Waals surface area contributed by atoms with Crippen LogP contribution in [0.5, 0.6) is 5.75 Å². The van der Waals surface area contributed by atoms with Crippen molar-refractivity contribution in [1.82, 2.24) is 0 Å². The van der Waals surface area contributed by atoms with Crippen LogP contribution in [-0.2, 0) is 10.8 Å². The maximum absolute atomic E-state index is 6.37. The summed E-state index contributed by atoms with van der Waals surface area (Å²) in [6.07, 6.45) is 2.42. The summed E-state index contributed by atoms with van der Waals surface area (Å²) in [5.41, 5.74) is 4.24. The zero-order valence-corrected chi connectivity index (χ0v) is 15.6. The fraction of sp³-hybridized carbons (Fsp3) is 0.700. The quantitative estimate of drug-likeness (QED) is 0.645. The van der Waals surface area contributed by atoms with E-state index in [4.69, 9.17) is 4.74 Å². The third kappa shape index (κ3) is 4.49. The molecule has 1 heteroatoms. The summed E-state index contributed by atoms with van der Waals surface area (Å²) in [5.74, 6) is 1.10. The molecule has 0 radical (unpaired) electrons. The lowest BCUT2D eigenvalue weighted by molar-refractivity contribution is 0.187. The average molecular weight is 290 g/mol. The van der Waals surface area contributed by atoms with Gasteiger partial charge in [-0.05, 0) is 41.7 Å². The topological polar surface area (TPSA) is 9.23 Å². The first-order valence-corrected chi connectivity index (χ1v) is 8.33. The van der Waals surface area contributed by atoms with Gasteiger partial charge in [-0.1, -0.05) is 67.5 Å². The van der Waals surface area contributed by atoms with Gasteiger partial charge in [0.1, 0.15) is 5.75 Å². The smallest absolute Gasteiger partial charge is 0.126 e. The molecule has 0 saturated carbocycles. The lowest BCUT2D eigenvalue weighted by Crippen LogP contribution is -2.22. The summed E-state index contributed by atoms with van der Waals surface area (Å²) in [7, 11) is 0. The molecule has 0 spiro atoms. The van der Waals surface area contributed by atoms with E-state index >= 15 is 0 Å². The highest BCUT2D eigenvalue weighted by Gasteiger charge is 2.25. The maximum atomic E-state index is 6.37. The number of rotatable bonds is 4. The standard InChI is InChI=1S/C20H34O/c1-10-16(11-2)21-18-14(3)12-15(19(4,5)6)13-17(18)20(7,8)9/h12-13,16H,10-11H2,1-9H3. The molecule has 1 aromatic carbocycles. The second kappa shape index (κ2) is 6.42.